The Kier molecular flexibility index (Phi) is 4.14. The lowest BCUT2D eigenvalue weighted by atomic mass is 9.64. The first-order valence-corrected chi connectivity index (χ1v) is 5.94. The van der Waals surface area contributed by atoms with Crippen molar-refractivity contribution in [1.29, 1.82) is 0 Å². The molecule has 0 aromatic rings. The van der Waals surface area contributed by atoms with Gasteiger partial charge in [0.15, 0.2) is 0 Å². The highest BCUT2D eigenvalue weighted by atomic mass is 16.1. The molecule has 2 fully saturated rings. The number of amides is 1. The number of hydrogen-bond acceptors (Lipinski definition) is 2. The van der Waals surface area contributed by atoms with Gasteiger partial charge < -0.3 is 11.1 Å². The molecule has 1 saturated carbocycles. The molecular formula is C12H24N2O. The highest BCUT2D eigenvalue weighted by molar-refractivity contribution is 5.42. The van der Waals surface area contributed by atoms with Gasteiger partial charge in [-0.2, -0.15) is 0 Å². The van der Waals surface area contributed by atoms with Gasteiger partial charge in [0.2, 0.25) is 6.41 Å². The molecule has 1 aliphatic heterocycles. The van der Waals surface area contributed by atoms with Gasteiger partial charge in [-0.05, 0) is 43.1 Å². The summed E-state index contributed by atoms with van der Waals surface area (Å²) in [5.41, 5.74) is 5.42. The summed E-state index contributed by atoms with van der Waals surface area (Å²) in [5.74, 6) is 0. The van der Waals surface area contributed by atoms with Gasteiger partial charge in [-0.25, -0.2) is 0 Å². The summed E-state index contributed by atoms with van der Waals surface area (Å²) >= 11 is 0. The number of nitrogens with two attached hydrogens (primary N) is 1. The zero-order chi connectivity index (χ0) is 11.4. The Hall–Kier alpha value is -0.570. The van der Waals surface area contributed by atoms with E-state index in [1.165, 1.54) is 45.2 Å². The zero-order valence-electron chi connectivity index (χ0n) is 10.0. The van der Waals surface area contributed by atoms with Crippen molar-refractivity contribution in [2.45, 2.75) is 46.0 Å². The van der Waals surface area contributed by atoms with Crippen LogP contribution < -0.4 is 11.1 Å². The van der Waals surface area contributed by atoms with Gasteiger partial charge in [-0.15, -0.1) is 0 Å². The Balaban J connectivity index is 0.000000337. The monoisotopic (exact) mass is 212 g/mol. The van der Waals surface area contributed by atoms with E-state index in [0.717, 1.165) is 0 Å². The highest BCUT2D eigenvalue weighted by Crippen LogP contribution is 2.55. The molecule has 1 saturated heterocycles. The largest absolute Gasteiger partial charge is 0.372 e. The molecule has 88 valence electrons. The second-order valence-corrected chi connectivity index (χ2v) is 5.43. The Morgan fingerprint density at radius 2 is 1.80 bits per heavy atom. The molecule has 0 aromatic heterocycles. The Morgan fingerprint density at radius 1 is 1.20 bits per heavy atom. The number of carbonyl (C=O) groups excluding carboxylic acids is 1. The molecule has 0 aromatic carbocycles. The lowest BCUT2D eigenvalue weighted by Crippen LogP contribution is -2.46. The van der Waals surface area contributed by atoms with Crippen molar-refractivity contribution in [3.05, 3.63) is 0 Å². The van der Waals surface area contributed by atoms with Crippen molar-refractivity contribution in [3.8, 4) is 0 Å². The van der Waals surface area contributed by atoms with E-state index in [2.05, 4.69) is 24.9 Å². The minimum Gasteiger partial charge on any atom is -0.372 e. The lowest BCUT2D eigenvalue weighted by Gasteiger charge is -2.45. The quantitative estimate of drug-likeness (QED) is 0.600. The third-order valence-electron chi connectivity index (χ3n) is 4.37. The number of primary amides is 1. The molecule has 3 heteroatoms. The molecule has 0 bridgehead atoms. The molecule has 1 heterocycles. The van der Waals surface area contributed by atoms with Gasteiger partial charge in [-0.1, -0.05) is 20.3 Å². The van der Waals surface area contributed by atoms with E-state index in [9.17, 15) is 0 Å². The maximum absolute atomic E-state index is 8.58. The van der Waals surface area contributed by atoms with Gasteiger partial charge in [-0.3, -0.25) is 4.79 Å². The Labute approximate surface area is 92.8 Å². The predicted molar refractivity (Wildman–Crippen MR) is 62.4 cm³/mol. The Bertz CT molecular complexity index is 208. The maximum atomic E-state index is 8.58. The molecule has 15 heavy (non-hydrogen) atoms. The fraction of sp³-hybridized carbons (Fsp3) is 0.917. The Morgan fingerprint density at radius 3 is 2.20 bits per heavy atom. The molecule has 3 N–H and O–H groups in total. The average molecular weight is 212 g/mol. The predicted octanol–water partition coefficient (Wildman–Crippen LogP) is 1.67. The van der Waals surface area contributed by atoms with Crippen LogP contribution in [0.15, 0.2) is 0 Å². The number of carbonyl (C=O) groups is 1. The molecule has 1 spiro atoms. The fourth-order valence-electron chi connectivity index (χ4n) is 3.23. The average Bonchev–Trinajstić information content (AvgIpc) is 2.45. The molecule has 0 radical (unpaired) electrons. The molecule has 2 rings (SSSR count). The topological polar surface area (TPSA) is 55.1 Å². The van der Waals surface area contributed by atoms with E-state index in [1.807, 2.05) is 0 Å². The van der Waals surface area contributed by atoms with Crippen molar-refractivity contribution < 1.29 is 4.79 Å². The SMILES string of the molecule is CC1(C)CCCC12CCCNC2.NC=O. The van der Waals surface area contributed by atoms with Gasteiger partial charge in [0.05, 0.1) is 0 Å². The van der Waals surface area contributed by atoms with E-state index in [0.29, 0.717) is 10.8 Å². The summed E-state index contributed by atoms with van der Waals surface area (Å²) in [6.45, 7) is 7.46. The first-order valence-electron chi connectivity index (χ1n) is 5.94. The smallest absolute Gasteiger partial charge is 0.204 e. The summed E-state index contributed by atoms with van der Waals surface area (Å²) < 4.78 is 0. The minimum absolute atomic E-state index is 0.250. The third-order valence-corrected chi connectivity index (χ3v) is 4.37. The van der Waals surface area contributed by atoms with E-state index < -0.39 is 0 Å². The van der Waals surface area contributed by atoms with Crippen LogP contribution in [-0.2, 0) is 4.79 Å². The molecule has 1 unspecified atom stereocenters. The van der Waals surface area contributed by atoms with Crippen LogP contribution in [0.2, 0.25) is 0 Å². The summed E-state index contributed by atoms with van der Waals surface area (Å²) in [5, 5.41) is 3.57. The second-order valence-electron chi connectivity index (χ2n) is 5.43. The summed E-state index contributed by atoms with van der Waals surface area (Å²) in [6, 6.07) is 0. The minimum atomic E-state index is 0.250. The number of hydrogen-bond donors (Lipinski definition) is 2. The first kappa shape index (κ1) is 12.5. The van der Waals surface area contributed by atoms with Crippen LogP contribution in [0, 0.1) is 10.8 Å². The van der Waals surface area contributed by atoms with E-state index >= 15 is 0 Å². The summed E-state index contributed by atoms with van der Waals surface area (Å²) in [4.78, 5) is 8.58. The number of nitrogens with one attached hydrogen (secondary N) is 1. The van der Waals surface area contributed by atoms with Crippen LogP contribution in [0.1, 0.15) is 46.0 Å². The number of rotatable bonds is 0. The van der Waals surface area contributed by atoms with Crippen LogP contribution in [0.3, 0.4) is 0 Å². The van der Waals surface area contributed by atoms with Gasteiger partial charge in [0.1, 0.15) is 0 Å². The molecule has 1 aliphatic carbocycles. The fourth-order valence-corrected chi connectivity index (χ4v) is 3.23. The van der Waals surface area contributed by atoms with Crippen LogP contribution >= 0.6 is 0 Å². The highest BCUT2D eigenvalue weighted by Gasteiger charge is 2.48. The molecule has 3 nitrogen and oxygen atoms in total. The van der Waals surface area contributed by atoms with Crippen molar-refractivity contribution in [3.63, 3.8) is 0 Å². The van der Waals surface area contributed by atoms with Crippen molar-refractivity contribution >= 4 is 6.41 Å². The summed E-state index contributed by atoms with van der Waals surface area (Å²) in [6.07, 6.45) is 7.47. The van der Waals surface area contributed by atoms with Gasteiger partial charge in [0, 0.05) is 6.54 Å². The number of piperidine rings is 1. The van der Waals surface area contributed by atoms with Gasteiger partial charge in [0.25, 0.3) is 0 Å². The lowest BCUT2D eigenvalue weighted by molar-refractivity contribution is -0.106. The van der Waals surface area contributed by atoms with Crippen LogP contribution in [0.5, 0.6) is 0 Å². The van der Waals surface area contributed by atoms with Gasteiger partial charge >= 0.3 is 0 Å². The van der Waals surface area contributed by atoms with Crippen LogP contribution in [0.25, 0.3) is 0 Å². The van der Waals surface area contributed by atoms with Crippen LogP contribution in [0.4, 0.5) is 0 Å². The maximum Gasteiger partial charge on any atom is 0.204 e. The molecule has 2 aliphatic rings. The first-order chi connectivity index (χ1) is 7.08. The second kappa shape index (κ2) is 4.97. The standard InChI is InChI=1S/C11H21N.CH3NO/c1-10(2)5-3-6-11(10)7-4-8-12-9-11;2-1-3/h12H,3-9H2,1-2H3;1H,(H2,2,3). The van der Waals surface area contributed by atoms with E-state index in [1.54, 1.807) is 0 Å². The van der Waals surface area contributed by atoms with Crippen molar-refractivity contribution in [1.82, 2.24) is 5.32 Å². The summed E-state index contributed by atoms with van der Waals surface area (Å²) in [7, 11) is 0. The third kappa shape index (κ3) is 2.51. The molecular weight excluding hydrogens is 188 g/mol. The van der Waals surface area contributed by atoms with E-state index in [-0.39, 0.29) is 6.41 Å². The molecule has 1 amide bonds. The normalized spacial score (nSPS) is 33.2. The van der Waals surface area contributed by atoms with Crippen molar-refractivity contribution in [2.24, 2.45) is 16.6 Å². The molecule has 1 atom stereocenters. The zero-order valence-corrected chi connectivity index (χ0v) is 10.0. The van der Waals surface area contributed by atoms with Crippen molar-refractivity contribution in [2.75, 3.05) is 13.1 Å². The van der Waals surface area contributed by atoms with Crippen LogP contribution in [-0.4, -0.2) is 19.5 Å². The van der Waals surface area contributed by atoms with E-state index in [4.69, 9.17) is 4.79 Å².